The van der Waals surface area contributed by atoms with Crippen LogP contribution in [0.5, 0.6) is 5.75 Å². The fraction of sp³-hybridized carbons (Fsp3) is 0.312. The second kappa shape index (κ2) is 6.09. The Morgan fingerprint density at radius 1 is 1.30 bits per heavy atom. The summed E-state index contributed by atoms with van der Waals surface area (Å²) in [7, 11) is 0. The third-order valence-corrected chi connectivity index (χ3v) is 4.19. The first-order valence-corrected chi connectivity index (χ1v) is 7.44. The number of nitrogens with one attached hydrogen (secondary N) is 1. The number of aromatic hydroxyl groups is 1. The average Bonchev–Trinajstić information content (AvgIpc) is 2.77. The van der Waals surface area contributed by atoms with E-state index in [1.807, 2.05) is 6.92 Å². The topological polar surface area (TPSA) is 49.3 Å². The molecule has 106 valence electrons. The van der Waals surface area contributed by atoms with E-state index < -0.39 is 0 Å². The summed E-state index contributed by atoms with van der Waals surface area (Å²) in [5.74, 6) is -0.170. The van der Waals surface area contributed by atoms with Gasteiger partial charge in [0.1, 0.15) is 5.75 Å². The van der Waals surface area contributed by atoms with Gasteiger partial charge in [-0.15, -0.1) is 11.3 Å². The number of phenols is 1. The molecule has 1 aromatic carbocycles. The van der Waals surface area contributed by atoms with Crippen LogP contribution in [0.2, 0.25) is 0 Å². The molecule has 2 rings (SSSR count). The molecule has 20 heavy (non-hydrogen) atoms. The van der Waals surface area contributed by atoms with Crippen LogP contribution in [-0.2, 0) is 6.42 Å². The Hall–Kier alpha value is -1.81. The van der Waals surface area contributed by atoms with Crippen LogP contribution in [0.4, 0.5) is 0 Å². The molecule has 1 amide bonds. The van der Waals surface area contributed by atoms with Gasteiger partial charge in [0.2, 0.25) is 0 Å². The highest BCUT2D eigenvalue weighted by atomic mass is 32.1. The van der Waals surface area contributed by atoms with Gasteiger partial charge in [0.05, 0.1) is 5.56 Å². The standard InChI is InChI=1S/C16H19NO2S/c1-10-5-4-6-14(15(10)18)16(19)17-11(2)9-13-8-7-12(3)20-13/h4-8,11,18H,9H2,1-3H3,(H,17,19). The Bertz CT molecular complexity index is 619. The molecule has 0 fully saturated rings. The average molecular weight is 289 g/mol. The SMILES string of the molecule is Cc1ccc(CC(C)NC(=O)c2cccc(C)c2O)s1. The van der Waals surface area contributed by atoms with Crippen molar-refractivity contribution in [2.24, 2.45) is 0 Å². The van der Waals surface area contributed by atoms with Crippen LogP contribution in [0.1, 0.15) is 32.6 Å². The van der Waals surface area contributed by atoms with Gasteiger partial charge >= 0.3 is 0 Å². The van der Waals surface area contributed by atoms with Crippen LogP contribution in [0.15, 0.2) is 30.3 Å². The fourth-order valence-corrected chi connectivity index (χ4v) is 3.11. The highest BCUT2D eigenvalue weighted by Gasteiger charge is 2.15. The van der Waals surface area contributed by atoms with Gasteiger partial charge in [0.15, 0.2) is 0 Å². The van der Waals surface area contributed by atoms with Crippen LogP contribution in [-0.4, -0.2) is 17.1 Å². The minimum absolute atomic E-state index is 0.0282. The summed E-state index contributed by atoms with van der Waals surface area (Å²) in [6.07, 6.45) is 0.802. The first-order chi connectivity index (χ1) is 9.47. The molecule has 0 radical (unpaired) electrons. The van der Waals surface area contributed by atoms with Gasteiger partial charge in [-0.3, -0.25) is 4.79 Å². The second-order valence-electron chi connectivity index (χ2n) is 5.06. The Balaban J connectivity index is 2.02. The summed E-state index contributed by atoms with van der Waals surface area (Å²) in [5.41, 5.74) is 1.04. The molecular weight excluding hydrogens is 270 g/mol. The third-order valence-electron chi connectivity index (χ3n) is 3.16. The molecule has 0 bridgehead atoms. The number of benzene rings is 1. The lowest BCUT2D eigenvalue weighted by molar-refractivity contribution is 0.0937. The molecule has 1 aromatic heterocycles. The van der Waals surface area contributed by atoms with E-state index in [0.717, 1.165) is 6.42 Å². The zero-order chi connectivity index (χ0) is 14.7. The fourth-order valence-electron chi connectivity index (χ4n) is 2.09. The zero-order valence-electron chi connectivity index (χ0n) is 11.9. The van der Waals surface area contributed by atoms with Crippen molar-refractivity contribution in [3.63, 3.8) is 0 Å². The minimum Gasteiger partial charge on any atom is -0.507 e. The molecule has 0 aliphatic carbocycles. The third kappa shape index (κ3) is 3.39. The van der Waals surface area contributed by atoms with Gasteiger partial charge in [-0.25, -0.2) is 0 Å². The van der Waals surface area contributed by atoms with Gasteiger partial charge in [-0.2, -0.15) is 0 Å². The van der Waals surface area contributed by atoms with E-state index in [4.69, 9.17) is 0 Å². The molecule has 2 aromatic rings. The molecular formula is C16H19NO2S. The van der Waals surface area contributed by atoms with E-state index in [-0.39, 0.29) is 17.7 Å². The number of thiophene rings is 1. The summed E-state index contributed by atoms with van der Waals surface area (Å²) in [6.45, 7) is 5.83. The second-order valence-corrected chi connectivity index (χ2v) is 6.43. The van der Waals surface area contributed by atoms with E-state index in [0.29, 0.717) is 11.1 Å². The molecule has 0 spiro atoms. The lowest BCUT2D eigenvalue weighted by atomic mass is 10.1. The molecule has 0 saturated carbocycles. The normalized spacial score (nSPS) is 12.2. The van der Waals surface area contributed by atoms with Gasteiger partial charge < -0.3 is 10.4 Å². The Morgan fingerprint density at radius 2 is 2.05 bits per heavy atom. The van der Waals surface area contributed by atoms with Crippen molar-refractivity contribution in [1.29, 1.82) is 0 Å². The monoisotopic (exact) mass is 289 g/mol. The van der Waals surface area contributed by atoms with Gasteiger partial charge in [-0.05, 0) is 44.5 Å². The van der Waals surface area contributed by atoms with E-state index >= 15 is 0 Å². The van der Waals surface area contributed by atoms with E-state index in [1.165, 1.54) is 9.75 Å². The lowest BCUT2D eigenvalue weighted by Crippen LogP contribution is -2.34. The number of hydrogen-bond donors (Lipinski definition) is 2. The number of hydrogen-bond acceptors (Lipinski definition) is 3. The number of amides is 1. The van der Waals surface area contributed by atoms with Crippen LogP contribution in [0.3, 0.4) is 0 Å². The number of aryl methyl sites for hydroxylation is 2. The zero-order valence-corrected chi connectivity index (χ0v) is 12.8. The predicted octanol–water partition coefficient (Wildman–Crippen LogP) is 3.43. The van der Waals surface area contributed by atoms with Crippen LogP contribution < -0.4 is 5.32 Å². The van der Waals surface area contributed by atoms with Crippen molar-refractivity contribution in [3.8, 4) is 5.75 Å². The van der Waals surface area contributed by atoms with Gasteiger partial charge in [0, 0.05) is 22.2 Å². The molecule has 4 heteroatoms. The van der Waals surface area contributed by atoms with Crippen molar-refractivity contribution >= 4 is 17.2 Å². The molecule has 2 N–H and O–H groups in total. The maximum Gasteiger partial charge on any atom is 0.255 e. The molecule has 0 aliphatic heterocycles. The Morgan fingerprint density at radius 3 is 2.70 bits per heavy atom. The van der Waals surface area contributed by atoms with Crippen LogP contribution in [0, 0.1) is 13.8 Å². The molecule has 1 unspecified atom stereocenters. The first kappa shape index (κ1) is 14.6. The molecule has 3 nitrogen and oxygen atoms in total. The largest absolute Gasteiger partial charge is 0.507 e. The molecule has 0 aliphatic rings. The maximum atomic E-state index is 12.2. The molecule has 1 heterocycles. The Labute approximate surface area is 123 Å². The molecule has 1 atom stereocenters. The number of rotatable bonds is 4. The van der Waals surface area contributed by atoms with Crippen LogP contribution >= 0.6 is 11.3 Å². The maximum absolute atomic E-state index is 12.2. The summed E-state index contributed by atoms with van der Waals surface area (Å²) in [4.78, 5) is 14.7. The highest BCUT2D eigenvalue weighted by molar-refractivity contribution is 7.11. The summed E-state index contributed by atoms with van der Waals surface area (Å²) >= 11 is 1.74. The first-order valence-electron chi connectivity index (χ1n) is 6.62. The Kier molecular flexibility index (Phi) is 4.45. The number of carbonyl (C=O) groups excluding carboxylic acids is 1. The van der Waals surface area contributed by atoms with Crippen molar-refractivity contribution in [2.75, 3.05) is 0 Å². The smallest absolute Gasteiger partial charge is 0.255 e. The number of phenolic OH excluding ortho intramolecular Hbond substituents is 1. The number of carbonyl (C=O) groups is 1. The quantitative estimate of drug-likeness (QED) is 0.906. The van der Waals surface area contributed by atoms with Gasteiger partial charge in [-0.1, -0.05) is 12.1 Å². The predicted molar refractivity (Wildman–Crippen MR) is 82.5 cm³/mol. The van der Waals surface area contributed by atoms with E-state index in [2.05, 4.69) is 24.4 Å². The van der Waals surface area contributed by atoms with Crippen molar-refractivity contribution in [2.45, 2.75) is 33.2 Å². The van der Waals surface area contributed by atoms with Crippen molar-refractivity contribution in [3.05, 3.63) is 51.2 Å². The van der Waals surface area contributed by atoms with Gasteiger partial charge in [0.25, 0.3) is 5.91 Å². The van der Waals surface area contributed by atoms with E-state index in [9.17, 15) is 9.90 Å². The summed E-state index contributed by atoms with van der Waals surface area (Å²) < 4.78 is 0. The minimum atomic E-state index is -0.230. The molecule has 0 saturated heterocycles. The number of para-hydroxylation sites is 1. The summed E-state index contributed by atoms with van der Waals surface area (Å²) in [5, 5.41) is 12.8. The van der Waals surface area contributed by atoms with Crippen molar-refractivity contribution < 1.29 is 9.90 Å². The van der Waals surface area contributed by atoms with E-state index in [1.54, 1.807) is 36.5 Å². The highest BCUT2D eigenvalue weighted by Crippen LogP contribution is 2.22. The lowest BCUT2D eigenvalue weighted by Gasteiger charge is -2.14. The summed E-state index contributed by atoms with van der Waals surface area (Å²) in [6, 6.07) is 9.40. The van der Waals surface area contributed by atoms with Crippen molar-refractivity contribution in [1.82, 2.24) is 5.32 Å². The van der Waals surface area contributed by atoms with Crippen LogP contribution in [0.25, 0.3) is 0 Å².